The van der Waals surface area contributed by atoms with E-state index in [0.717, 1.165) is 22.3 Å². The maximum absolute atomic E-state index is 3.98. The van der Waals surface area contributed by atoms with E-state index in [9.17, 15) is 0 Å². The molecular weight excluding hydrogens is 250 g/mol. The first-order valence-corrected chi connectivity index (χ1v) is 5.69. The standard InChI is InChI=1S/C13H16BrN/c1-10(2)8-11(3)9-15-13-6-4-12(14)5-7-13/h4-8,15H,3,9H2,1-2H3. The smallest absolute Gasteiger partial charge is 0.0394 e. The second-order valence-corrected chi connectivity index (χ2v) is 4.66. The number of hydrogen-bond donors (Lipinski definition) is 1. The van der Waals surface area contributed by atoms with Crippen LogP contribution in [0.3, 0.4) is 0 Å². The Hall–Kier alpha value is -1.02. The molecule has 1 aromatic rings. The van der Waals surface area contributed by atoms with Crippen molar-refractivity contribution in [3.8, 4) is 0 Å². The molecule has 0 radical (unpaired) electrons. The van der Waals surface area contributed by atoms with Gasteiger partial charge in [0.05, 0.1) is 0 Å². The molecule has 1 rings (SSSR count). The lowest BCUT2D eigenvalue weighted by molar-refractivity contribution is 1.24. The summed E-state index contributed by atoms with van der Waals surface area (Å²) in [7, 11) is 0. The number of hydrogen-bond acceptors (Lipinski definition) is 1. The molecule has 0 spiro atoms. The van der Waals surface area contributed by atoms with E-state index in [0.29, 0.717) is 0 Å². The van der Waals surface area contributed by atoms with Crippen LogP contribution in [0, 0.1) is 0 Å². The minimum Gasteiger partial charge on any atom is -0.381 e. The third-order valence-corrected chi connectivity index (χ3v) is 2.39. The van der Waals surface area contributed by atoms with Gasteiger partial charge in [-0.1, -0.05) is 34.2 Å². The lowest BCUT2D eigenvalue weighted by Crippen LogP contribution is -2.02. The van der Waals surface area contributed by atoms with Crippen LogP contribution >= 0.6 is 15.9 Å². The second kappa shape index (κ2) is 5.76. The van der Waals surface area contributed by atoms with Gasteiger partial charge >= 0.3 is 0 Å². The molecule has 15 heavy (non-hydrogen) atoms. The lowest BCUT2D eigenvalue weighted by Gasteiger charge is -2.06. The van der Waals surface area contributed by atoms with Crippen molar-refractivity contribution in [2.45, 2.75) is 13.8 Å². The molecule has 0 saturated heterocycles. The van der Waals surface area contributed by atoms with Crippen molar-refractivity contribution in [2.24, 2.45) is 0 Å². The monoisotopic (exact) mass is 265 g/mol. The van der Waals surface area contributed by atoms with Gasteiger partial charge in [-0.3, -0.25) is 0 Å². The fourth-order valence-corrected chi connectivity index (χ4v) is 1.51. The van der Waals surface area contributed by atoms with Gasteiger partial charge in [-0.05, 0) is 43.7 Å². The van der Waals surface area contributed by atoms with Crippen molar-refractivity contribution in [1.82, 2.24) is 0 Å². The zero-order valence-electron chi connectivity index (χ0n) is 9.18. The van der Waals surface area contributed by atoms with Gasteiger partial charge in [-0.2, -0.15) is 0 Å². The molecule has 1 aromatic carbocycles. The van der Waals surface area contributed by atoms with Crippen LogP contribution < -0.4 is 5.32 Å². The fourth-order valence-electron chi connectivity index (χ4n) is 1.24. The molecule has 0 amide bonds. The highest BCUT2D eigenvalue weighted by Crippen LogP contribution is 2.14. The van der Waals surface area contributed by atoms with Crippen molar-refractivity contribution >= 4 is 21.6 Å². The molecule has 0 unspecified atom stereocenters. The Morgan fingerprint density at radius 1 is 1.33 bits per heavy atom. The average Bonchev–Trinajstić information content (AvgIpc) is 2.16. The van der Waals surface area contributed by atoms with Gasteiger partial charge in [-0.25, -0.2) is 0 Å². The van der Waals surface area contributed by atoms with Gasteiger partial charge in [0.2, 0.25) is 0 Å². The van der Waals surface area contributed by atoms with E-state index >= 15 is 0 Å². The molecule has 80 valence electrons. The number of nitrogens with one attached hydrogen (secondary N) is 1. The van der Waals surface area contributed by atoms with Crippen LogP contribution in [0.1, 0.15) is 13.8 Å². The van der Waals surface area contributed by atoms with Gasteiger partial charge in [0.15, 0.2) is 0 Å². The number of anilines is 1. The van der Waals surface area contributed by atoms with E-state index in [-0.39, 0.29) is 0 Å². The van der Waals surface area contributed by atoms with Gasteiger partial charge in [0.1, 0.15) is 0 Å². The summed E-state index contributed by atoms with van der Waals surface area (Å²) >= 11 is 3.40. The highest BCUT2D eigenvalue weighted by molar-refractivity contribution is 9.10. The lowest BCUT2D eigenvalue weighted by atomic mass is 10.2. The van der Waals surface area contributed by atoms with Crippen molar-refractivity contribution in [3.05, 3.63) is 52.5 Å². The molecule has 1 N–H and O–H groups in total. The Balaban J connectivity index is 2.47. The Kier molecular flexibility index (Phi) is 4.63. The second-order valence-electron chi connectivity index (χ2n) is 3.74. The van der Waals surface area contributed by atoms with Gasteiger partial charge in [0, 0.05) is 16.7 Å². The molecule has 0 aliphatic carbocycles. The number of halogens is 1. The Labute approximate surface area is 100 Å². The summed E-state index contributed by atoms with van der Waals surface area (Å²) in [5.41, 5.74) is 3.48. The van der Waals surface area contributed by atoms with Crippen molar-refractivity contribution in [1.29, 1.82) is 0 Å². The van der Waals surface area contributed by atoms with Crippen LogP contribution in [-0.2, 0) is 0 Å². The molecule has 1 nitrogen and oxygen atoms in total. The topological polar surface area (TPSA) is 12.0 Å². The van der Waals surface area contributed by atoms with Crippen LogP contribution in [-0.4, -0.2) is 6.54 Å². The molecule has 0 bridgehead atoms. The first-order valence-electron chi connectivity index (χ1n) is 4.90. The fraction of sp³-hybridized carbons (Fsp3) is 0.231. The summed E-state index contributed by atoms with van der Waals surface area (Å²) in [6, 6.07) is 8.12. The van der Waals surface area contributed by atoms with Gasteiger partial charge < -0.3 is 5.32 Å². The van der Waals surface area contributed by atoms with Gasteiger partial charge in [0.25, 0.3) is 0 Å². The quantitative estimate of drug-likeness (QED) is 0.797. The van der Waals surface area contributed by atoms with Crippen molar-refractivity contribution < 1.29 is 0 Å². The zero-order valence-corrected chi connectivity index (χ0v) is 10.8. The summed E-state index contributed by atoms with van der Waals surface area (Å²) < 4.78 is 1.09. The third-order valence-electron chi connectivity index (χ3n) is 1.86. The Morgan fingerprint density at radius 3 is 2.47 bits per heavy atom. The SMILES string of the molecule is C=C(C=C(C)C)CNc1ccc(Br)cc1. The normalized spacial score (nSPS) is 9.53. The maximum atomic E-state index is 3.98. The summed E-state index contributed by atoms with van der Waals surface area (Å²) in [4.78, 5) is 0. The summed E-state index contributed by atoms with van der Waals surface area (Å²) in [5, 5.41) is 3.31. The van der Waals surface area contributed by atoms with Gasteiger partial charge in [-0.15, -0.1) is 0 Å². The minimum absolute atomic E-state index is 0.785. The zero-order chi connectivity index (χ0) is 11.3. The van der Waals surface area contributed by atoms with Crippen molar-refractivity contribution in [3.63, 3.8) is 0 Å². The molecular formula is C13H16BrN. The van der Waals surface area contributed by atoms with E-state index in [1.54, 1.807) is 0 Å². The highest BCUT2D eigenvalue weighted by Gasteiger charge is 1.93. The summed E-state index contributed by atoms with van der Waals surface area (Å²) in [5.74, 6) is 0. The van der Waals surface area contributed by atoms with E-state index in [1.165, 1.54) is 5.57 Å². The van der Waals surface area contributed by atoms with E-state index in [4.69, 9.17) is 0 Å². The minimum atomic E-state index is 0.785. The molecule has 0 heterocycles. The summed E-state index contributed by atoms with van der Waals surface area (Å²) in [6.45, 7) is 8.91. The molecule has 0 atom stereocenters. The average molecular weight is 266 g/mol. The molecule has 0 fully saturated rings. The first kappa shape index (κ1) is 12.1. The molecule has 0 saturated carbocycles. The molecule has 0 aliphatic heterocycles. The molecule has 0 aromatic heterocycles. The third kappa shape index (κ3) is 4.84. The van der Waals surface area contributed by atoms with Crippen LogP contribution in [0.5, 0.6) is 0 Å². The Morgan fingerprint density at radius 2 is 1.93 bits per heavy atom. The van der Waals surface area contributed by atoms with E-state index < -0.39 is 0 Å². The van der Waals surface area contributed by atoms with Crippen LogP contribution in [0.4, 0.5) is 5.69 Å². The highest BCUT2D eigenvalue weighted by atomic mass is 79.9. The Bertz CT molecular complexity index is 359. The predicted octanol–water partition coefficient (Wildman–Crippen LogP) is 4.38. The van der Waals surface area contributed by atoms with Crippen LogP contribution in [0.15, 0.2) is 52.5 Å². The number of rotatable bonds is 4. The molecule has 0 aliphatic rings. The van der Waals surface area contributed by atoms with Crippen LogP contribution in [0.25, 0.3) is 0 Å². The predicted molar refractivity (Wildman–Crippen MR) is 71.2 cm³/mol. The van der Waals surface area contributed by atoms with Crippen LogP contribution in [0.2, 0.25) is 0 Å². The van der Waals surface area contributed by atoms with Crippen molar-refractivity contribution in [2.75, 3.05) is 11.9 Å². The summed E-state index contributed by atoms with van der Waals surface area (Å²) in [6.07, 6.45) is 2.09. The number of benzene rings is 1. The first-order chi connectivity index (χ1) is 7.08. The largest absolute Gasteiger partial charge is 0.381 e. The number of allylic oxidation sites excluding steroid dienone is 1. The molecule has 2 heteroatoms. The van der Waals surface area contributed by atoms with E-state index in [1.807, 2.05) is 24.3 Å². The maximum Gasteiger partial charge on any atom is 0.0394 e. The van der Waals surface area contributed by atoms with E-state index in [2.05, 4.69) is 47.7 Å².